The average Bonchev–Trinajstić information content (AvgIpc) is 2.97. The lowest BCUT2D eigenvalue weighted by Crippen LogP contribution is -2.30. The number of hydrogen-bond acceptors (Lipinski definition) is 7. The maximum Gasteiger partial charge on any atom is 0.241 e. The summed E-state index contributed by atoms with van der Waals surface area (Å²) in [5.41, 5.74) is 0.742. The molecule has 19 heavy (non-hydrogen) atoms. The molecule has 3 N–H and O–H groups in total. The third kappa shape index (κ3) is 4.00. The fraction of sp³-hybridized carbons (Fsp3) is 0.400. The predicted molar refractivity (Wildman–Crippen MR) is 70.3 cm³/mol. The number of carbonyl (C=O) groups is 1. The summed E-state index contributed by atoms with van der Waals surface area (Å²) in [6.45, 7) is 2.09. The molecule has 102 valence electrons. The lowest BCUT2D eigenvalue weighted by molar-refractivity contribution is -0.122. The van der Waals surface area contributed by atoms with Gasteiger partial charge < -0.3 is 15.7 Å². The zero-order valence-corrected chi connectivity index (χ0v) is 11.1. The van der Waals surface area contributed by atoms with Crippen molar-refractivity contribution in [3.63, 3.8) is 0 Å². The van der Waals surface area contributed by atoms with E-state index in [4.69, 9.17) is 5.11 Å². The normalized spacial score (nSPS) is 10.4. The number of aliphatic hydroxyl groups excluding tert-OH is 1. The van der Waals surface area contributed by atoms with Crippen LogP contribution in [0.4, 0.5) is 10.8 Å². The number of nitrogens with zero attached hydrogens (tertiary/aromatic N) is 4. The van der Waals surface area contributed by atoms with E-state index in [0.717, 1.165) is 5.69 Å². The van der Waals surface area contributed by atoms with Gasteiger partial charge in [0.25, 0.3) is 0 Å². The van der Waals surface area contributed by atoms with Crippen LogP contribution < -0.4 is 10.6 Å². The molecule has 0 aliphatic heterocycles. The van der Waals surface area contributed by atoms with Crippen LogP contribution in [0.5, 0.6) is 0 Å². The number of amides is 1. The Balaban J connectivity index is 1.90. The third-order valence-corrected chi connectivity index (χ3v) is 2.87. The van der Waals surface area contributed by atoms with Gasteiger partial charge in [-0.3, -0.25) is 9.48 Å². The van der Waals surface area contributed by atoms with Gasteiger partial charge in [0.1, 0.15) is 12.4 Å². The first-order chi connectivity index (χ1) is 9.17. The standard InChI is InChI=1S/C10H14N6O2S/c1-7-13-10(19-15-7)14-8-4-12-16(5-8)6-9(18)11-2-3-17/h4-5,17H,2-3,6H2,1H3,(H,11,18)(H,13,14,15). The molecule has 0 aliphatic rings. The Bertz CT molecular complexity index is 552. The lowest BCUT2D eigenvalue weighted by Gasteiger charge is -2.02. The summed E-state index contributed by atoms with van der Waals surface area (Å²) in [7, 11) is 0. The monoisotopic (exact) mass is 282 g/mol. The molecule has 0 saturated carbocycles. The van der Waals surface area contributed by atoms with Crippen LogP contribution in [0, 0.1) is 6.92 Å². The second-order valence-electron chi connectivity index (χ2n) is 3.77. The van der Waals surface area contributed by atoms with Crippen LogP contribution in [0.25, 0.3) is 0 Å². The van der Waals surface area contributed by atoms with E-state index in [1.165, 1.54) is 16.2 Å². The summed E-state index contributed by atoms with van der Waals surface area (Å²) < 4.78 is 5.56. The van der Waals surface area contributed by atoms with Crippen molar-refractivity contribution in [2.75, 3.05) is 18.5 Å². The number of aryl methyl sites for hydroxylation is 1. The Morgan fingerprint density at radius 3 is 3.11 bits per heavy atom. The van der Waals surface area contributed by atoms with Crippen LogP contribution in [0.15, 0.2) is 12.4 Å². The minimum absolute atomic E-state index is 0.0753. The topological polar surface area (TPSA) is 105 Å². The molecular weight excluding hydrogens is 268 g/mol. The first kappa shape index (κ1) is 13.4. The molecule has 0 bridgehead atoms. The molecular formula is C10H14N6O2S. The molecule has 0 spiro atoms. The molecule has 9 heteroatoms. The maximum absolute atomic E-state index is 11.4. The van der Waals surface area contributed by atoms with E-state index in [1.807, 2.05) is 6.92 Å². The van der Waals surface area contributed by atoms with E-state index in [-0.39, 0.29) is 25.6 Å². The van der Waals surface area contributed by atoms with Gasteiger partial charge >= 0.3 is 0 Å². The van der Waals surface area contributed by atoms with E-state index >= 15 is 0 Å². The zero-order chi connectivity index (χ0) is 13.7. The minimum Gasteiger partial charge on any atom is -0.395 e. The van der Waals surface area contributed by atoms with E-state index in [0.29, 0.717) is 11.0 Å². The van der Waals surface area contributed by atoms with Crippen molar-refractivity contribution < 1.29 is 9.90 Å². The van der Waals surface area contributed by atoms with Gasteiger partial charge in [-0.15, -0.1) is 0 Å². The summed E-state index contributed by atoms with van der Waals surface area (Å²) in [6.07, 6.45) is 3.31. The number of anilines is 2. The quantitative estimate of drug-likeness (QED) is 0.683. The van der Waals surface area contributed by atoms with Crippen LogP contribution in [0.1, 0.15) is 5.82 Å². The van der Waals surface area contributed by atoms with E-state index in [2.05, 4.69) is 25.1 Å². The first-order valence-electron chi connectivity index (χ1n) is 5.64. The molecule has 0 unspecified atom stereocenters. The molecule has 0 aliphatic carbocycles. The van der Waals surface area contributed by atoms with Gasteiger partial charge in [-0.1, -0.05) is 0 Å². The highest BCUT2D eigenvalue weighted by Gasteiger charge is 2.06. The predicted octanol–water partition coefficient (Wildman–Crippen LogP) is -0.105. The molecule has 0 saturated heterocycles. The molecule has 2 aromatic heterocycles. The Morgan fingerprint density at radius 1 is 1.58 bits per heavy atom. The van der Waals surface area contributed by atoms with Gasteiger partial charge in [-0.2, -0.15) is 9.47 Å². The van der Waals surface area contributed by atoms with Crippen molar-refractivity contribution >= 4 is 28.3 Å². The summed E-state index contributed by atoms with van der Waals surface area (Å²) in [5, 5.41) is 18.9. The van der Waals surface area contributed by atoms with Crippen molar-refractivity contribution in [1.29, 1.82) is 0 Å². The fourth-order valence-corrected chi connectivity index (χ4v) is 1.98. The van der Waals surface area contributed by atoms with Crippen LogP contribution >= 0.6 is 11.5 Å². The van der Waals surface area contributed by atoms with Crippen LogP contribution in [-0.4, -0.2) is 43.3 Å². The number of aromatic nitrogens is 4. The molecule has 0 radical (unpaired) electrons. The number of aliphatic hydroxyl groups is 1. The van der Waals surface area contributed by atoms with Crippen molar-refractivity contribution in [1.82, 2.24) is 24.5 Å². The number of rotatable bonds is 6. The molecule has 2 aromatic rings. The molecule has 1 amide bonds. The minimum atomic E-state index is -0.199. The Kier molecular flexibility index (Phi) is 4.42. The molecule has 0 fully saturated rings. The highest BCUT2D eigenvalue weighted by Crippen LogP contribution is 2.17. The zero-order valence-electron chi connectivity index (χ0n) is 10.3. The maximum atomic E-state index is 11.4. The first-order valence-corrected chi connectivity index (χ1v) is 6.42. The smallest absolute Gasteiger partial charge is 0.241 e. The lowest BCUT2D eigenvalue weighted by atomic mass is 10.5. The SMILES string of the molecule is Cc1nsc(Nc2cnn(CC(=O)NCCO)c2)n1. The molecule has 0 atom stereocenters. The van der Waals surface area contributed by atoms with Gasteiger partial charge in [-0.25, -0.2) is 4.98 Å². The molecule has 0 aromatic carbocycles. The Labute approximate surface area is 113 Å². The molecule has 8 nitrogen and oxygen atoms in total. The Morgan fingerprint density at radius 2 is 2.42 bits per heavy atom. The summed E-state index contributed by atoms with van der Waals surface area (Å²) in [5.74, 6) is 0.513. The van der Waals surface area contributed by atoms with Gasteiger partial charge in [-0.05, 0) is 6.92 Å². The average molecular weight is 282 g/mol. The van der Waals surface area contributed by atoms with Crippen molar-refractivity contribution in [2.24, 2.45) is 0 Å². The van der Waals surface area contributed by atoms with Gasteiger partial charge in [0.2, 0.25) is 11.0 Å². The number of hydrogen-bond donors (Lipinski definition) is 3. The van der Waals surface area contributed by atoms with E-state index in [9.17, 15) is 4.79 Å². The van der Waals surface area contributed by atoms with Crippen molar-refractivity contribution in [2.45, 2.75) is 13.5 Å². The van der Waals surface area contributed by atoms with Crippen molar-refractivity contribution in [3.05, 3.63) is 18.2 Å². The van der Waals surface area contributed by atoms with E-state index in [1.54, 1.807) is 12.4 Å². The van der Waals surface area contributed by atoms with Gasteiger partial charge in [0, 0.05) is 24.3 Å². The van der Waals surface area contributed by atoms with Crippen LogP contribution in [0.2, 0.25) is 0 Å². The van der Waals surface area contributed by atoms with Gasteiger partial charge in [0.05, 0.1) is 18.5 Å². The third-order valence-electron chi connectivity index (χ3n) is 2.15. The number of carbonyl (C=O) groups excluding carboxylic acids is 1. The fourth-order valence-electron chi connectivity index (χ4n) is 1.38. The molecule has 2 rings (SSSR count). The summed E-state index contributed by atoms with van der Waals surface area (Å²) in [4.78, 5) is 15.6. The van der Waals surface area contributed by atoms with Crippen LogP contribution in [0.3, 0.4) is 0 Å². The molecule has 2 heterocycles. The largest absolute Gasteiger partial charge is 0.395 e. The second-order valence-corrected chi connectivity index (χ2v) is 4.52. The van der Waals surface area contributed by atoms with E-state index < -0.39 is 0 Å². The van der Waals surface area contributed by atoms with Crippen molar-refractivity contribution in [3.8, 4) is 0 Å². The highest BCUT2D eigenvalue weighted by atomic mass is 32.1. The summed E-state index contributed by atoms with van der Waals surface area (Å²) in [6, 6.07) is 0. The highest BCUT2D eigenvalue weighted by molar-refractivity contribution is 7.09. The summed E-state index contributed by atoms with van der Waals surface area (Å²) >= 11 is 1.26. The number of nitrogens with one attached hydrogen (secondary N) is 2. The second kappa shape index (κ2) is 6.25. The Hall–Kier alpha value is -2.00. The van der Waals surface area contributed by atoms with Crippen LogP contribution in [-0.2, 0) is 11.3 Å². The van der Waals surface area contributed by atoms with Gasteiger partial charge in [0.15, 0.2) is 0 Å².